The molecule has 0 spiro atoms. The van der Waals surface area contributed by atoms with Crippen molar-refractivity contribution in [3.63, 3.8) is 0 Å². The van der Waals surface area contributed by atoms with Crippen LogP contribution in [0.15, 0.2) is 21.7 Å². The Kier molecular flexibility index (Phi) is 3.40. The first-order chi connectivity index (χ1) is 6.06. The van der Waals surface area contributed by atoms with Crippen LogP contribution >= 0.6 is 23.2 Å². The third kappa shape index (κ3) is 2.26. The van der Waals surface area contributed by atoms with E-state index >= 15 is 0 Å². The van der Waals surface area contributed by atoms with Gasteiger partial charge in [0.15, 0.2) is 0 Å². The second-order valence-corrected chi connectivity index (χ2v) is 3.66. The summed E-state index contributed by atoms with van der Waals surface area (Å²) in [4.78, 5) is 11.2. The number of cyclic esters (lactones) is 1. The van der Waals surface area contributed by atoms with Crippen molar-refractivity contribution in [2.24, 2.45) is 0 Å². The van der Waals surface area contributed by atoms with E-state index < -0.39 is 0 Å². The van der Waals surface area contributed by atoms with E-state index in [9.17, 15) is 4.79 Å². The Hall–Kier alpha value is -0.470. The van der Waals surface area contributed by atoms with Crippen molar-refractivity contribution >= 4 is 29.2 Å². The number of carbonyl (C=O) groups excluding carboxylic acids is 1. The lowest BCUT2D eigenvalue weighted by Gasteiger charge is -2.23. The molecule has 1 atom stereocenters. The molecule has 4 heteroatoms. The molecule has 1 rings (SSSR count). The molecule has 0 bridgehead atoms. The van der Waals surface area contributed by atoms with Crippen molar-refractivity contribution in [1.29, 1.82) is 0 Å². The van der Waals surface area contributed by atoms with Gasteiger partial charge in [-0.15, -0.1) is 0 Å². The summed E-state index contributed by atoms with van der Waals surface area (Å²) in [7, 11) is 0. The predicted octanol–water partition coefficient (Wildman–Crippen LogP) is 2.96. The summed E-state index contributed by atoms with van der Waals surface area (Å²) >= 11 is 11.4. The van der Waals surface area contributed by atoms with Gasteiger partial charge in [0.2, 0.25) is 0 Å². The molecular weight excluding hydrogens is 211 g/mol. The van der Waals surface area contributed by atoms with E-state index in [0.29, 0.717) is 17.0 Å². The van der Waals surface area contributed by atoms with E-state index in [4.69, 9.17) is 27.9 Å². The van der Waals surface area contributed by atoms with Gasteiger partial charge in [0.05, 0.1) is 0 Å². The van der Waals surface area contributed by atoms with Gasteiger partial charge in [-0.05, 0) is 19.4 Å². The van der Waals surface area contributed by atoms with E-state index in [0.717, 1.165) is 5.57 Å². The molecule has 0 saturated heterocycles. The summed E-state index contributed by atoms with van der Waals surface area (Å²) in [5.41, 5.74) is 2.70. The normalized spacial score (nSPS) is 24.8. The van der Waals surface area contributed by atoms with Crippen molar-refractivity contribution in [3.8, 4) is 0 Å². The molecule has 0 fully saturated rings. The number of hydrogen-bond donors (Lipinski definition) is 0. The minimum atomic E-state index is -0.362. The first kappa shape index (κ1) is 10.6. The number of halogens is 2. The highest BCUT2D eigenvalue weighted by Gasteiger charge is 2.26. The van der Waals surface area contributed by atoms with Gasteiger partial charge in [0, 0.05) is 22.6 Å². The smallest absolute Gasteiger partial charge is 0.335 e. The summed E-state index contributed by atoms with van der Waals surface area (Å²) in [6.07, 6.45) is 0.218. The van der Waals surface area contributed by atoms with E-state index in [1.807, 2.05) is 0 Å². The van der Waals surface area contributed by atoms with Crippen LogP contribution in [-0.2, 0) is 9.53 Å². The van der Waals surface area contributed by atoms with Crippen molar-refractivity contribution in [1.82, 2.24) is 0 Å². The lowest BCUT2D eigenvalue weighted by Crippen LogP contribution is -2.25. The molecule has 0 aliphatic carbocycles. The van der Waals surface area contributed by atoms with Crippen LogP contribution in [0.1, 0.15) is 20.3 Å². The van der Waals surface area contributed by atoms with Crippen LogP contribution in [0.25, 0.3) is 0 Å². The molecule has 0 aromatic heterocycles. The standard InChI is InChI=1S/C9H10Cl2O2/c1-5(4-10)8-3-7(11)6(2)9(12)13-8/h4,8H,3H2,1-2H3/b5-4-/t8-/m1/s1. The molecule has 0 amide bonds. The molecule has 72 valence electrons. The van der Waals surface area contributed by atoms with Gasteiger partial charge < -0.3 is 4.74 Å². The van der Waals surface area contributed by atoms with Crippen LogP contribution in [0.3, 0.4) is 0 Å². The fourth-order valence-corrected chi connectivity index (χ4v) is 1.37. The SMILES string of the molecule is CC1=C(Cl)C[C@H](/C(C)=C\Cl)OC1=O. The van der Waals surface area contributed by atoms with Crippen LogP contribution in [0, 0.1) is 0 Å². The topological polar surface area (TPSA) is 26.3 Å². The van der Waals surface area contributed by atoms with Crippen LogP contribution < -0.4 is 0 Å². The minimum absolute atomic E-state index is 0.304. The van der Waals surface area contributed by atoms with Gasteiger partial charge in [0.1, 0.15) is 6.10 Å². The average Bonchev–Trinajstić information content (AvgIpc) is 2.12. The zero-order valence-electron chi connectivity index (χ0n) is 7.43. The molecule has 0 aromatic rings. The Morgan fingerprint density at radius 1 is 1.69 bits per heavy atom. The molecule has 1 aliphatic heterocycles. The largest absolute Gasteiger partial charge is 0.454 e. The minimum Gasteiger partial charge on any atom is -0.454 e. The molecule has 13 heavy (non-hydrogen) atoms. The van der Waals surface area contributed by atoms with Gasteiger partial charge in [-0.25, -0.2) is 4.79 Å². The fraction of sp³-hybridized carbons (Fsp3) is 0.444. The monoisotopic (exact) mass is 220 g/mol. The fourth-order valence-electron chi connectivity index (χ4n) is 1.01. The van der Waals surface area contributed by atoms with Crippen LogP contribution in [0.5, 0.6) is 0 Å². The predicted molar refractivity (Wildman–Crippen MR) is 52.7 cm³/mol. The van der Waals surface area contributed by atoms with Gasteiger partial charge in [-0.3, -0.25) is 0 Å². The van der Waals surface area contributed by atoms with E-state index in [2.05, 4.69) is 0 Å². The first-order valence-electron chi connectivity index (χ1n) is 3.89. The Balaban J connectivity index is 2.86. The lowest BCUT2D eigenvalue weighted by atomic mass is 10.1. The molecule has 0 N–H and O–H groups in total. The number of ether oxygens (including phenoxy) is 1. The Bertz CT molecular complexity index is 292. The van der Waals surface area contributed by atoms with Crippen molar-refractivity contribution in [3.05, 3.63) is 21.7 Å². The van der Waals surface area contributed by atoms with E-state index in [1.165, 1.54) is 5.54 Å². The molecule has 0 unspecified atom stereocenters. The summed E-state index contributed by atoms with van der Waals surface area (Å²) in [6, 6.07) is 0. The van der Waals surface area contributed by atoms with Crippen molar-refractivity contribution < 1.29 is 9.53 Å². The summed E-state index contributed by atoms with van der Waals surface area (Å²) < 4.78 is 5.09. The Labute approximate surface area is 87.2 Å². The van der Waals surface area contributed by atoms with Gasteiger partial charge >= 0.3 is 5.97 Å². The van der Waals surface area contributed by atoms with Crippen LogP contribution in [0.4, 0.5) is 0 Å². The molecule has 0 saturated carbocycles. The quantitative estimate of drug-likeness (QED) is 0.636. The lowest BCUT2D eigenvalue weighted by molar-refractivity contribution is -0.143. The third-order valence-corrected chi connectivity index (χ3v) is 2.79. The van der Waals surface area contributed by atoms with Crippen LogP contribution in [0.2, 0.25) is 0 Å². The number of esters is 1. The highest BCUT2D eigenvalue weighted by molar-refractivity contribution is 6.32. The first-order valence-corrected chi connectivity index (χ1v) is 4.70. The van der Waals surface area contributed by atoms with Crippen molar-refractivity contribution in [2.45, 2.75) is 26.4 Å². The van der Waals surface area contributed by atoms with Gasteiger partial charge in [0.25, 0.3) is 0 Å². The van der Waals surface area contributed by atoms with E-state index in [1.54, 1.807) is 13.8 Å². The zero-order valence-corrected chi connectivity index (χ0v) is 8.95. The number of carbonyl (C=O) groups is 1. The summed E-state index contributed by atoms with van der Waals surface area (Å²) in [6.45, 7) is 3.45. The third-order valence-electron chi connectivity index (χ3n) is 2.01. The maximum absolute atomic E-state index is 11.2. The molecule has 1 aliphatic rings. The van der Waals surface area contributed by atoms with E-state index in [-0.39, 0.29) is 12.1 Å². The molecule has 0 radical (unpaired) electrons. The zero-order chi connectivity index (χ0) is 10.0. The Morgan fingerprint density at radius 2 is 2.31 bits per heavy atom. The highest BCUT2D eigenvalue weighted by atomic mass is 35.5. The molecule has 0 aromatic carbocycles. The number of hydrogen-bond acceptors (Lipinski definition) is 2. The van der Waals surface area contributed by atoms with Gasteiger partial charge in [-0.1, -0.05) is 23.2 Å². The molecule has 2 nitrogen and oxygen atoms in total. The summed E-state index contributed by atoms with van der Waals surface area (Å²) in [5, 5.41) is 0.555. The van der Waals surface area contributed by atoms with Crippen LogP contribution in [-0.4, -0.2) is 12.1 Å². The second kappa shape index (κ2) is 4.16. The molecule has 1 heterocycles. The molecular formula is C9H10Cl2O2. The Morgan fingerprint density at radius 3 is 2.77 bits per heavy atom. The van der Waals surface area contributed by atoms with Crippen molar-refractivity contribution in [2.75, 3.05) is 0 Å². The van der Waals surface area contributed by atoms with Gasteiger partial charge in [-0.2, -0.15) is 0 Å². The number of rotatable bonds is 1. The summed E-state index contributed by atoms with van der Waals surface area (Å²) in [5.74, 6) is -0.362. The maximum Gasteiger partial charge on any atom is 0.335 e. The average molecular weight is 221 g/mol. The maximum atomic E-state index is 11.2. The second-order valence-electron chi connectivity index (χ2n) is 2.98. The highest BCUT2D eigenvalue weighted by Crippen LogP contribution is 2.28.